The number of carbonyl (C=O) groups excluding carboxylic acids is 2. The molecule has 3 aromatic rings. The van der Waals surface area contributed by atoms with Gasteiger partial charge in [0.2, 0.25) is 11.8 Å². The van der Waals surface area contributed by atoms with Crippen LogP contribution in [-0.4, -0.2) is 45.8 Å². The number of halogens is 1. The Morgan fingerprint density at radius 2 is 2.19 bits per heavy atom. The van der Waals surface area contributed by atoms with E-state index in [1.165, 1.54) is 11.3 Å². The Bertz CT molecular complexity index is 1110. The van der Waals surface area contributed by atoms with Crippen LogP contribution >= 0.6 is 27.3 Å². The van der Waals surface area contributed by atoms with Crippen molar-refractivity contribution in [1.82, 2.24) is 20.1 Å². The van der Waals surface area contributed by atoms with Crippen LogP contribution < -0.4 is 20.3 Å². The average molecular weight is 505 g/mol. The van der Waals surface area contributed by atoms with Crippen molar-refractivity contribution in [2.75, 3.05) is 23.4 Å². The minimum Gasteiger partial charge on any atom is -0.474 e. The van der Waals surface area contributed by atoms with Gasteiger partial charge in [-0.15, -0.1) is 11.3 Å². The van der Waals surface area contributed by atoms with Crippen molar-refractivity contribution in [2.45, 2.75) is 19.5 Å². The lowest BCUT2D eigenvalue weighted by atomic mass is 10.3. The normalized spacial score (nSPS) is 13.8. The van der Waals surface area contributed by atoms with Gasteiger partial charge in [-0.2, -0.15) is 5.10 Å². The van der Waals surface area contributed by atoms with Crippen LogP contribution in [0.1, 0.15) is 21.5 Å². The molecule has 31 heavy (non-hydrogen) atoms. The number of carbonyl (C=O) groups is 2. The molecule has 1 aliphatic rings. The van der Waals surface area contributed by atoms with E-state index in [4.69, 9.17) is 4.74 Å². The van der Waals surface area contributed by atoms with Crippen molar-refractivity contribution in [3.8, 4) is 5.88 Å². The van der Waals surface area contributed by atoms with E-state index in [1.54, 1.807) is 43.3 Å². The van der Waals surface area contributed by atoms with Gasteiger partial charge >= 0.3 is 0 Å². The van der Waals surface area contributed by atoms with E-state index in [0.29, 0.717) is 29.6 Å². The Morgan fingerprint density at radius 1 is 1.35 bits per heavy atom. The third-order valence-electron chi connectivity index (χ3n) is 4.68. The molecule has 0 saturated heterocycles. The van der Waals surface area contributed by atoms with Crippen LogP contribution in [0.2, 0.25) is 0 Å². The lowest BCUT2D eigenvalue weighted by Gasteiger charge is -2.30. The number of anilines is 2. The summed E-state index contributed by atoms with van der Waals surface area (Å²) in [5, 5.41) is 9.48. The largest absolute Gasteiger partial charge is 0.474 e. The minimum atomic E-state index is -0.687. The summed E-state index contributed by atoms with van der Waals surface area (Å²) in [6.07, 6.45) is 4.95. The highest BCUT2D eigenvalue weighted by molar-refractivity contribution is 9.10. The molecule has 0 fully saturated rings. The molecule has 3 aromatic heterocycles. The smallest absolute Gasteiger partial charge is 0.261 e. The Hall–Kier alpha value is -2.92. The molecule has 0 bridgehead atoms. The van der Waals surface area contributed by atoms with Crippen LogP contribution in [0.25, 0.3) is 0 Å². The second-order valence-corrected chi connectivity index (χ2v) is 9.18. The number of hydrogen-bond donors (Lipinski definition) is 2. The van der Waals surface area contributed by atoms with Gasteiger partial charge in [0.1, 0.15) is 18.3 Å². The Morgan fingerprint density at radius 3 is 2.97 bits per heavy atom. The predicted octanol–water partition coefficient (Wildman–Crippen LogP) is 2.80. The summed E-state index contributed by atoms with van der Waals surface area (Å²) in [5.41, 5.74) is 1.50. The Kier molecular flexibility index (Phi) is 6.23. The number of ether oxygens (including phenoxy) is 1. The van der Waals surface area contributed by atoms with Gasteiger partial charge in [-0.1, -0.05) is 0 Å². The highest BCUT2D eigenvalue weighted by Crippen LogP contribution is 2.33. The summed E-state index contributed by atoms with van der Waals surface area (Å²) in [6, 6.07) is 5.00. The highest BCUT2D eigenvalue weighted by Gasteiger charge is 2.22. The van der Waals surface area contributed by atoms with Gasteiger partial charge in [-0.3, -0.25) is 14.3 Å². The first-order valence-electron chi connectivity index (χ1n) is 9.61. The van der Waals surface area contributed by atoms with E-state index < -0.39 is 6.04 Å². The second kappa shape index (κ2) is 9.06. The van der Waals surface area contributed by atoms with Crippen LogP contribution in [0.3, 0.4) is 0 Å². The zero-order chi connectivity index (χ0) is 22.0. The number of nitrogens with one attached hydrogen (secondary N) is 2. The molecule has 4 heterocycles. The molecule has 0 aliphatic carbocycles. The molecule has 2 amide bonds. The van der Waals surface area contributed by atoms with E-state index in [0.717, 1.165) is 21.6 Å². The van der Waals surface area contributed by atoms with Crippen LogP contribution in [-0.2, 0) is 18.4 Å². The van der Waals surface area contributed by atoms with Gasteiger partial charge in [0.25, 0.3) is 5.91 Å². The summed E-state index contributed by atoms with van der Waals surface area (Å²) in [5.74, 6) is 0.0235. The molecular formula is C20H21BrN6O3S. The number of amides is 2. The lowest BCUT2D eigenvalue weighted by molar-refractivity contribution is -0.117. The standard InChI is InChI=1S/C20H21BrN6O3S/c1-12(18(28)25-14-9-23-26(2)10-14)24-19(29)17-4-3-15(31-17)11-27-5-6-30-20-16(27)7-13(21)8-22-20/h3-4,7-10,12H,5-6,11H2,1-2H3,(H,24,29)(H,25,28). The maximum atomic E-state index is 12.6. The summed E-state index contributed by atoms with van der Waals surface area (Å²) < 4.78 is 8.09. The number of rotatable bonds is 6. The fourth-order valence-corrected chi connectivity index (χ4v) is 4.38. The first-order valence-corrected chi connectivity index (χ1v) is 11.2. The van der Waals surface area contributed by atoms with Crippen LogP contribution in [0.4, 0.5) is 11.4 Å². The third kappa shape index (κ3) is 5.05. The number of aryl methyl sites for hydroxylation is 1. The van der Waals surface area contributed by atoms with E-state index in [-0.39, 0.29) is 11.8 Å². The zero-order valence-electron chi connectivity index (χ0n) is 17.0. The third-order valence-corrected chi connectivity index (χ3v) is 6.19. The van der Waals surface area contributed by atoms with Crippen LogP contribution in [0.5, 0.6) is 5.88 Å². The predicted molar refractivity (Wildman–Crippen MR) is 122 cm³/mol. The molecule has 0 aromatic carbocycles. The van der Waals surface area contributed by atoms with Crippen molar-refractivity contribution >= 4 is 50.5 Å². The van der Waals surface area contributed by atoms with Gasteiger partial charge in [0.05, 0.1) is 29.9 Å². The molecular weight excluding hydrogens is 484 g/mol. The topological polar surface area (TPSA) is 101 Å². The molecule has 1 atom stereocenters. The molecule has 0 radical (unpaired) electrons. The average Bonchev–Trinajstić information content (AvgIpc) is 3.37. The number of fused-ring (bicyclic) bond motifs is 1. The molecule has 11 heteroatoms. The zero-order valence-corrected chi connectivity index (χ0v) is 19.4. The van der Waals surface area contributed by atoms with Crippen molar-refractivity contribution in [3.63, 3.8) is 0 Å². The van der Waals surface area contributed by atoms with E-state index in [9.17, 15) is 9.59 Å². The van der Waals surface area contributed by atoms with E-state index in [1.807, 2.05) is 12.1 Å². The van der Waals surface area contributed by atoms with Gasteiger partial charge in [-0.25, -0.2) is 4.98 Å². The molecule has 9 nitrogen and oxygen atoms in total. The molecule has 1 aliphatic heterocycles. The quantitative estimate of drug-likeness (QED) is 0.535. The summed E-state index contributed by atoms with van der Waals surface area (Å²) in [4.78, 5) is 33.0. The maximum Gasteiger partial charge on any atom is 0.261 e. The van der Waals surface area contributed by atoms with Crippen molar-refractivity contribution in [1.29, 1.82) is 0 Å². The van der Waals surface area contributed by atoms with E-state index in [2.05, 4.69) is 41.5 Å². The van der Waals surface area contributed by atoms with Crippen molar-refractivity contribution in [3.05, 3.63) is 51.0 Å². The highest BCUT2D eigenvalue weighted by atomic mass is 79.9. The first kappa shape index (κ1) is 21.3. The second-order valence-electron chi connectivity index (χ2n) is 7.10. The monoisotopic (exact) mass is 504 g/mol. The molecule has 0 saturated carbocycles. The maximum absolute atomic E-state index is 12.6. The van der Waals surface area contributed by atoms with Gasteiger partial charge in [0, 0.05) is 28.8 Å². The van der Waals surface area contributed by atoms with Crippen molar-refractivity contribution in [2.24, 2.45) is 7.05 Å². The molecule has 4 rings (SSSR count). The lowest BCUT2D eigenvalue weighted by Crippen LogP contribution is -2.41. The summed E-state index contributed by atoms with van der Waals surface area (Å²) in [7, 11) is 1.76. The molecule has 1 unspecified atom stereocenters. The summed E-state index contributed by atoms with van der Waals surface area (Å²) >= 11 is 4.85. The number of aromatic nitrogens is 3. The number of thiophene rings is 1. The van der Waals surface area contributed by atoms with Gasteiger partial charge in [0.15, 0.2) is 0 Å². The SMILES string of the molecule is CC(NC(=O)c1ccc(CN2CCOc3ncc(Br)cc32)s1)C(=O)Nc1cnn(C)c1. The Labute approximate surface area is 191 Å². The van der Waals surface area contributed by atoms with Crippen molar-refractivity contribution < 1.29 is 14.3 Å². The molecule has 162 valence electrons. The number of hydrogen-bond acceptors (Lipinski definition) is 7. The van der Waals surface area contributed by atoms with E-state index >= 15 is 0 Å². The van der Waals surface area contributed by atoms with Gasteiger partial charge < -0.3 is 20.3 Å². The van der Waals surface area contributed by atoms with Crippen LogP contribution in [0.15, 0.2) is 41.3 Å². The van der Waals surface area contributed by atoms with Crippen LogP contribution in [0, 0.1) is 0 Å². The number of nitrogens with zero attached hydrogens (tertiary/aromatic N) is 4. The molecule has 0 spiro atoms. The Balaban J connectivity index is 1.37. The first-order chi connectivity index (χ1) is 14.9. The molecule has 2 N–H and O–H groups in total. The fourth-order valence-electron chi connectivity index (χ4n) is 3.13. The fraction of sp³-hybridized carbons (Fsp3) is 0.300. The summed E-state index contributed by atoms with van der Waals surface area (Å²) in [6.45, 7) is 3.58. The number of pyridine rings is 1. The van der Waals surface area contributed by atoms with Gasteiger partial charge in [-0.05, 0) is 41.1 Å². The minimum absolute atomic E-state index is 0.281.